The Balaban J connectivity index is 1.40. The van der Waals surface area contributed by atoms with Gasteiger partial charge in [-0.1, -0.05) is 12.1 Å². The van der Waals surface area contributed by atoms with Crippen LogP contribution in [-0.4, -0.2) is 35.6 Å². The Hall–Kier alpha value is -4.33. The summed E-state index contributed by atoms with van der Waals surface area (Å²) < 4.78 is 2.04. The summed E-state index contributed by atoms with van der Waals surface area (Å²) in [6.45, 7) is 4.13. The van der Waals surface area contributed by atoms with E-state index in [1.165, 1.54) is 5.56 Å². The molecule has 0 fully saturated rings. The number of pyridine rings is 1. The standard InChI is InChI=1S/C23H19N7O/c1-14-3-4-15(2)20(11-14)30-13-25-18-12-17(5-6-19(18)30)22(31)27-23-26-21(28-29-23)16-7-9-24-10-8-16/h3-13H,1-2H3,(H2,26,27,28,29,31). The Morgan fingerprint density at radius 1 is 1.03 bits per heavy atom. The summed E-state index contributed by atoms with van der Waals surface area (Å²) in [5, 5.41) is 9.62. The Kier molecular flexibility index (Phi) is 4.51. The molecule has 2 N–H and O–H groups in total. The average molecular weight is 409 g/mol. The lowest BCUT2D eigenvalue weighted by Gasteiger charge is -2.09. The van der Waals surface area contributed by atoms with E-state index in [0.717, 1.165) is 27.8 Å². The number of anilines is 1. The summed E-state index contributed by atoms with van der Waals surface area (Å²) in [6.07, 6.45) is 5.12. The normalized spacial score (nSPS) is 11.0. The Morgan fingerprint density at radius 2 is 1.87 bits per heavy atom. The number of aromatic amines is 1. The first-order chi connectivity index (χ1) is 15.1. The van der Waals surface area contributed by atoms with Crippen LogP contribution in [0.1, 0.15) is 21.5 Å². The van der Waals surface area contributed by atoms with E-state index < -0.39 is 0 Å². The molecule has 2 aromatic carbocycles. The number of nitrogens with zero attached hydrogens (tertiary/aromatic N) is 5. The van der Waals surface area contributed by atoms with Crippen LogP contribution >= 0.6 is 0 Å². The molecule has 8 nitrogen and oxygen atoms in total. The average Bonchev–Trinajstić information content (AvgIpc) is 3.43. The van der Waals surface area contributed by atoms with Gasteiger partial charge in [-0.05, 0) is 61.4 Å². The van der Waals surface area contributed by atoms with Crippen molar-refractivity contribution in [2.45, 2.75) is 13.8 Å². The number of carbonyl (C=O) groups is 1. The number of hydrogen-bond acceptors (Lipinski definition) is 5. The van der Waals surface area contributed by atoms with Gasteiger partial charge in [0.1, 0.15) is 6.33 Å². The third-order valence-electron chi connectivity index (χ3n) is 5.10. The number of imidazole rings is 1. The van der Waals surface area contributed by atoms with Crippen molar-refractivity contribution in [1.82, 2.24) is 29.7 Å². The van der Waals surface area contributed by atoms with Gasteiger partial charge in [-0.2, -0.15) is 4.98 Å². The number of benzene rings is 2. The highest BCUT2D eigenvalue weighted by molar-refractivity contribution is 6.05. The summed E-state index contributed by atoms with van der Waals surface area (Å²) in [6, 6.07) is 15.4. The van der Waals surface area contributed by atoms with Crippen LogP contribution in [0.2, 0.25) is 0 Å². The van der Waals surface area contributed by atoms with E-state index in [0.29, 0.717) is 11.4 Å². The molecule has 31 heavy (non-hydrogen) atoms. The second-order valence-electron chi connectivity index (χ2n) is 7.31. The quantitative estimate of drug-likeness (QED) is 0.466. The second-order valence-corrected chi connectivity index (χ2v) is 7.31. The maximum absolute atomic E-state index is 12.7. The van der Waals surface area contributed by atoms with Crippen LogP contribution in [0.15, 0.2) is 67.3 Å². The van der Waals surface area contributed by atoms with Crippen molar-refractivity contribution in [3.05, 3.63) is 83.9 Å². The molecule has 0 spiro atoms. The predicted molar refractivity (Wildman–Crippen MR) is 118 cm³/mol. The number of aromatic nitrogens is 6. The molecule has 0 saturated heterocycles. The molecule has 3 heterocycles. The van der Waals surface area contributed by atoms with Gasteiger partial charge in [0.15, 0.2) is 5.82 Å². The zero-order valence-electron chi connectivity index (χ0n) is 17.0. The predicted octanol–water partition coefficient (Wildman–Crippen LogP) is 4.07. The maximum Gasteiger partial charge on any atom is 0.258 e. The monoisotopic (exact) mass is 409 g/mol. The van der Waals surface area contributed by atoms with Gasteiger partial charge in [-0.15, -0.1) is 5.10 Å². The molecule has 5 aromatic rings. The van der Waals surface area contributed by atoms with E-state index in [1.54, 1.807) is 30.9 Å². The zero-order chi connectivity index (χ0) is 21.4. The molecule has 0 unspecified atom stereocenters. The highest BCUT2D eigenvalue weighted by atomic mass is 16.1. The van der Waals surface area contributed by atoms with Crippen LogP contribution in [-0.2, 0) is 0 Å². The summed E-state index contributed by atoms with van der Waals surface area (Å²) in [5.41, 5.74) is 6.39. The fraction of sp³-hybridized carbons (Fsp3) is 0.0870. The van der Waals surface area contributed by atoms with Crippen LogP contribution in [0.4, 0.5) is 5.95 Å². The van der Waals surface area contributed by atoms with Crippen LogP contribution in [0.25, 0.3) is 28.1 Å². The molecule has 0 radical (unpaired) electrons. The van der Waals surface area contributed by atoms with Crippen LogP contribution < -0.4 is 5.32 Å². The van der Waals surface area contributed by atoms with Crippen LogP contribution in [0, 0.1) is 13.8 Å². The van der Waals surface area contributed by atoms with Gasteiger partial charge < -0.3 is 0 Å². The molecular weight excluding hydrogens is 390 g/mol. The van der Waals surface area contributed by atoms with Crippen LogP contribution in [0.3, 0.4) is 0 Å². The van der Waals surface area contributed by atoms with E-state index in [2.05, 4.69) is 62.5 Å². The van der Waals surface area contributed by atoms with Crippen molar-refractivity contribution in [1.29, 1.82) is 0 Å². The molecule has 3 aromatic heterocycles. The van der Waals surface area contributed by atoms with Gasteiger partial charge in [0.25, 0.3) is 5.91 Å². The number of fused-ring (bicyclic) bond motifs is 1. The maximum atomic E-state index is 12.7. The van der Waals surface area contributed by atoms with Gasteiger partial charge in [0, 0.05) is 23.5 Å². The molecule has 0 atom stereocenters. The molecule has 0 bridgehead atoms. The number of H-pyrrole nitrogens is 1. The number of nitrogens with one attached hydrogen (secondary N) is 2. The molecule has 5 rings (SSSR count). The van der Waals surface area contributed by atoms with E-state index in [-0.39, 0.29) is 11.9 Å². The van der Waals surface area contributed by atoms with Gasteiger partial charge in [0.2, 0.25) is 5.95 Å². The lowest BCUT2D eigenvalue weighted by Crippen LogP contribution is -2.13. The smallest absolute Gasteiger partial charge is 0.258 e. The minimum absolute atomic E-state index is 0.206. The summed E-state index contributed by atoms with van der Waals surface area (Å²) in [5.74, 6) is 0.460. The number of aryl methyl sites for hydroxylation is 2. The second kappa shape index (κ2) is 7.49. The number of carbonyl (C=O) groups excluding carboxylic acids is 1. The molecule has 0 aliphatic carbocycles. The van der Waals surface area contributed by atoms with E-state index in [4.69, 9.17) is 0 Å². The Morgan fingerprint density at radius 3 is 2.71 bits per heavy atom. The highest BCUT2D eigenvalue weighted by Crippen LogP contribution is 2.23. The fourth-order valence-electron chi connectivity index (χ4n) is 3.46. The number of amides is 1. The molecular formula is C23H19N7O. The van der Waals surface area contributed by atoms with Crippen molar-refractivity contribution in [2.75, 3.05) is 5.32 Å². The van der Waals surface area contributed by atoms with Gasteiger partial charge >= 0.3 is 0 Å². The number of rotatable bonds is 4. The van der Waals surface area contributed by atoms with Crippen molar-refractivity contribution in [3.63, 3.8) is 0 Å². The van der Waals surface area contributed by atoms with E-state index in [9.17, 15) is 4.79 Å². The third kappa shape index (κ3) is 3.55. The minimum Gasteiger partial charge on any atom is -0.299 e. The first-order valence-electron chi connectivity index (χ1n) is 9.77. The molecule has 0 saturated carbocycles. The van der Waals surface area contributed by atoms with E-state index >= 15 is 0 Å². The minimum atomic E-state index is -0.302. The summed E-state index contributed by atoms with van der Waals surface area (Å²) in [4.78, 5) is 25.5. The topological polar surface area (TPSA) is 101 Å². The molecule has 0 aliphatic heterocycles. The van der Waals surface area contributed by atoms with Crippen molar-refractivity contribution in [3.8, 4) is 17.1 Å². The molecule has 152 valence electrons. The first-order valence-corrected chi connectivity index (χ1v) is 9.77. The van der Waals surface area contributed by atoms with Gasteiger partial charge in [-0.25, -0.2) is 4.98 Å². The third-order valence-corrected chi connectivity index (χ3v) is 5.10. The summed E-state index contributed by atoms with van der Waals surface area (Å²) in [7, 11) is 0. The highest BCUT2D eigenvalue weighted by Gasteiger charge is 2.14. The number of hydrogen-bond donors (Lipinski definition) is 2. The van der Waals surface area contributed by atoms with Gasteiger partial charge in [-0.3, -0.25) is 24.8 Å². The lowest BCUT2D eigenvalue weighted by molar-refractivity contribution is 0.102. The molecule has 0 aliphatic rings. The van der Waals surface area contributed by atoms with Crippen molar-refractivity contribution >= 4 is 22.9 Å². The first kappa shape index (κ1) is 18.7. The van der Waals surface area contributed by atoms with Gasteiger partial charge in [0.05, 0.1) is 16.7 Å². The summed E-state index contributed by atoms with van der Waals surface area (Å²) >= 11 is 0. The zero-order valence-corrected chi connectivity index (χ0v) is 17.0. The lowest BCUT2D eigenvalue weighted by atomic mass is 10.1. The SMILES string of the molecule is Cc1ccc(C)c(-n2cnc3cc(C(=O)Nc4n[nH]c(-c5ccncc5)n4)ccc32)c1. The molecule has 1 amide bonds. The van der Waals surface area contributed by atoms with Crippen molar-refractivity contribution in [2.24, 2.45) is 0 Å². The van der Waals surface area contributed by atoms with E-state index in [1.807, 2.05) is 22.8 Å². The van der Waals surface area contributed by atoms with Crippen molar-refractivity contribution < 1.29 is 4.79 Å². The molecule has 8 heteroatoms. The fourth-order valence-corrected chi connectivity index (χ4v) is 3.46. The largest absolute Gasteiger partial charge is 0.299 e. The Bertz CT molecular complexity index is 1400. The Labute approximate surface area is 178 Å². The van der Waals surface area contributed by atoms with Crippen LogP contribution in [0.5, 0.6) is 0 Å².